The van der Waals surface area contributed by atoms with E-state index in [4.69, 9.17) is 9.47 Å². The highest BCUT2D eigenvalue weighted by molar-refractivity contribution is 6.12. The number of ether oxygens (including phenoxy) is 2. The Hall–Kier alpha value is -3.49. The molecule has 0 fully saturated rings. The van der Waals surface area contributed by atoms with Crippen LogP contribution in [0.2, 0.25) is 0 Å². The molecule has 9 heteroatoms. The van der Waals surface area contributed by atoms with E-state index in [1.807, 2.05) is 6.92 Å². The highest BCUT2D eigenvalue weighted by Gasteiger charge is 2.48. The molecule has 1 aliphatic heterocycles. The molecule has 2 aliphatic rings. The molecular weight excluding hydrogens is 416 g/mol. The summed E-state index contributed by atoms with van der Waals surface area (Å²) in [6, 6.07) is 5.99. The van der Waals surface area contributed by atoms with Crippen molar-refractivity contribution in [3.05, 3.63) is 62.5 Å². The molecule has 1 heterocycles. The van der Waals surface area contributed by atoms with E-state index in [9.17, 15) is 24.5 Å². The van der Waals surface area contributed by atoms with Gasteiger partial charge in [-0.05, 0) is 25.7 Å². The zero-order chi connectivity index (χ0) is 23.6. The second kappa shape index (κ2) is 9.33. The SMILES string of the molecule is CCCOC(=O)C1=C(C)NC2=C(C(=O)C(C(=O)OC)C(C)C2)C1c1ccccc1[N+](=O)[O-]. The Labute approximate surface area is 185 Å². The van der Waals surface area contributed by atoms with E-state index in [0.29, 0.717) is 24.2 Å². The van der Waals surface area contributed by atoms with E-state index in [0.717, 1.165) is 0 Å². The highest BCUT2D eigenvalue weighted by atomic mass is 16.6. The number of allylic oxidation sites excluding steroid dienone is 3. The molecule has 0 saturated carbocycles. The minimum atomic E-state index is -1.06. The van der Waals surface area contributed by atoms with E-state index in [2.05, 4.69) is 5.32 Å². The maximum Gasteiger partial charge on any atom is 0.336 e. The molecule has 3 rings (SSSR count). The predicted octanol–water partition coefficient (Wildman–Crippen LogP) is 3.16. The van der Waals surface area contributed by atoms with Gasteiger partial charge in [0.25, 0.3) is 5.69 Å². The van der Waals surface area contributed by atoms with Crippen LogP contribution in [0.15, 0.2) is 46.8 Å². The number of carbonyl (C=O) groups excluding carboxylic acids is 3. The largest absolute Gasteiger partial charge is 0.468 e. The van der Waals surface area contributed by atoms with Crippen LogP contribution in [0.3, 0.4) is 0 Å². The molecule has 3 unspecified atom stereocenters. The molecule has 1 aromatic carbocycles. The lowest BCUT2D eigenvalue weighted by Gasteiger charge is -2.38. The summed E-state index contributed by atoms with van der Waals surface area (Å²) in [6.07, 6.45) is 0.947. The number of rotatable bonds is 6. The molecule has 9 nitrogen and oxygen atoms in total. The Morgan fingerprint density at radius 2 is 1.97 bits per heavy atom. The van der Waals surface area contributed by atoms with Gasteiger partial charge in [0.2, 0.25) is 0 Å². The first-order valence-corrected chi connectivity index (χ1v) is 10.5. The molecule has 0 bridgehead atoms. The summed E-state index contributed by atoms with van der Waals surface area (Å²) in [5, 5.41) is 14.9. The number of dihydropyridines is 1. The van der Waals surface area contributed by atoms with E-state index in [-0.39, 0.29) is 34.9 Å². The quantitative estimate of drug-likeness (QED) is 0.308. The number of Topliss-reactive ketones (excluding diaryl/α,β-unsaturated/α-hetero) is 1. The van der Waals surface area contributed by atoms with Crippen molar-refractivity contribution in [2.45, 2.75) is 39.5 Å². The number of nitrogens with zero attached hydrogens (tertiary/aromatic N) is 1. The summed E-state index contributed by atoms with van der Waals surface area (Å²) in [7, 11) is 1.21. The molecule has 3 atom stereocenters. The fourth-order valence-corrected chi connectivity index (χ4v) is 4.43. The molecule has 32 heavy (non-hydrogen) atoms. The molecule has 0 radical (unpaired) electrons. The van der Waals surface area contributed by atoms with Crippen LogP contribution in [0.4, 0.5) is 5.69 Å². The number of carbonyl (C=O) groups is 3. The van der Waals surface area contributed by atoms with E-state index < -0.39 is 34.5 Å². The Morgan fingerprint density at radius 3 is 2.59 bits per heavy atom. The van der Waals surface area contributed by atoms with Gasteiger partial charge in [0, 0.05) is 28.6 Å². The second-order valence-corrected chi connectivity index (χ2v) is 7.99. The highest BCUT2D eigenvalue weighted by Crippen LogP contribution is 2.47. The van der Waals surface area contributed by atoms with Gasteiger partial charge in [-0.2, -0.15) is 0 Å². The minimum Gasteiger partial charge on any atom is -0.468 e. The first-order valence-electron chi connectivity index (χ1n) is 10.5. The molecule has 0 spiro atoms. The van der Waals surface area contributed by atoms with Gasteiger partial charge in [-0.3, -0.25) is 19.7 Å². The van der Waals surface area contributed by atoms with Crippen LogP contribution < -0.4 is 5.32 Å². The maximum atomic E-state index is 13.6. The lowest BCUT2D eigenvalue weighted by molar-refractivity contribution is -0.385. The second-order valence-electron chi connectivity index (χ2n) is 7.99. The third-order valence-electron chi connectivity index (χ3n) is 5.84. The average molecular weight is 442 g/mol. The van der Waals surface area contributed by atoms with Gasteiger partial charge in [0.15, 0.2) is 5.78 Å². The molecule has 1 aliphatic carbocycles. The molecule has 0 saturated heterocycles. The van der Waals surface area contributed by atoms with Crippen LogP contribution in [0.1, 0.15) is 45.1 Å². The van der Waals surface area contributed by atoms with Crippen LogP contribution in [0, 0.1) is 22.0 Å². The third kappa shape index (κ3) is 4.02. The molecule has 1 aromatic rings. The predicted molar refractivity (Wildman–Crippen MR) is 114 cm³/mol. The number of nitro groups is 1. The minimum absolute atomic E-state index is 0.123. The fraction of sp³-hybridized carbons (Fsp3) is 0.435. The summed E-state index contributed by atoms with van der Waals surface area (Å²) >= 11 is 0. The van der Waals surface area contributed by atoms with E-state index >= 15 is 0 Å². The Kier molecular flexibility index (Phi) is 6.76. The van der Waals surface area contributed by atoms with Gasteiger partial charge < -0.3 is 14.8 Å². The molecular formula is C23H26N2O7. The summed E-state index contributed by atoms with van der Waals surface area (Å²) in [4.78, 5) is 50.3. The van der Waals surface area contributed by atoms with Crippen molar-refractivity contribution in [2.24, 2.45) is 11.8 Å². The summed E-state index contributed by atoms with van der Waals surface area (Å²) < 4.78 is 10.2. The summed E-state index contributed by atoms with van der Waals surface area (Å²) in [5.41, 5.74) is 1.28. The van der Waals surface area contributed by atoms with Gasteiger partial charge in [-0.1, -0.05) is 32.0 Å². The zero-order valence-corrected chi connectivity index (χ0v) is 18.5. The van der Waals surface area contributed by atoms with Gasteiger partial charge in [-0.15, -0.1) is 0 Å². The van der Waals surface area contributed by atoms with Crippen LogP contribution in [0.25, 0.3) is 0 Å². The fourth-order valence-electron chi connectivity index (χ4n) is 4.43. The molecule has 0 aromatic heterocycles. The van der Waals surface area contributed by atoms with Gasteiger partial charge in [0.05, 0.1) is 30.1 Å². The third-order valence-corrected chi connectivity index (χ3v) is 5.84. The zero-order valence-electron chi connectivity index (χ0n) is 18.5. The van der Waals surface area contributed by atoms with Crippen LogP contribution in [-0.4, -0.2) is 36.4 Å². The van der Waals surface area contributed by atoms with Crippen molar-refractivity contribution in [3.63, 3.8) is 0 Å². The summed E-state index contributed by atoms with van der Waals surface area (Å²) in [6.45, 7) is 5.46. The first-order chi connectivity index (χ1) is 15.2. The maximum absolute atomic E-state index is 13.6. The number of benzene rings is 1. The van der Waals surface area contributed by atoms with Crippen LogP contribution in [-0.2, 0) is 23.9 Å². The normalized spacial score (nSPS) is 22.8. The number of hydrogen-bond acceptors (Lipinski definition) is 8. The number of esters is 2. The van der Waals surface area contributed by atoms with Crippen molar-refractivity contribution in [1.29, 1.82) is 0 Å². The van der Waals surface area contributed by atoms with E-state index in [1.54, 1.807) is 19.9 Å². The Morgan fingerprint density at radius 1 is 1.28 bits per heavy atom. The number of nitrogens with one attached hydrogen (secondary N) is 1. The topological polar surface area (TPSA) is 125 Å². The molecule has 170 valence electrons. The van der Waals surface area contributed by atoms with Gasteiger partial charge >= 0.3 is 11.9 Å². The van der Waals surface area contributed by atoms with Crippen molar-refractivity contribution in [3.8, 4) is 0 Å². The van der Waals surface area contributed by atoms with Crippen molar-refractivity contribution in [1.82, 2.24) is 5.32 Å². The first kappa shape index (κ1) is 23.2. The molecule has 1 N–H and O–H groups in total. The monoisotopic (exact) mass is 442 g/mol. The average Bonchev–Trinajstić information content (AvgIpc) is 2.76. The number of methoxy groups -OCH3 is 1. The van der Waals surface area contributed by atoms with Crippen molar-refractivity contribution < 1.29 is 28.8 Å². The van der Waals surface area contributed by atoms with Gasteiger partial charge in [0.1, 0.15) is 5.92 Å². The number of para-hydroxylation sites is 1. The van der Waals surface area contributed by atoms with Crippen LogP contribution in [0.5, 0.6) is 0 Å². The number of ketones is 1. The lowest BCUT2D eigenvalue weighted by Crippen LogP contribution is -2.43. The summed E-state index contributed by atoms with van der Waals surface area (Å²) in [5.74, 6) is -4.27. The number of hydrogen-bond donors (Lipinski definition) is 1. The van der Waals surface area contributed by atoms with E-state index in [1.165, 1.54) is 25.3 Å². The van der Waals surface area contributed by atoms with Gasteiger partial charge in [-0.25, -0.2) is 4.79 Å². The lowest BCUT2D eigenvalue weighted by atomic mass is 9.69. The smallest absolute Gasteiger partial charge is 0.336 e. The standard InChI is InChI=1S/C23H26N2O7/c1-5-10-32-23(28)18-13(3)24-15-11-12(2)17(22(27)31-4)21(26)20(15)19(18)14-8-6-7-9-16(14)25(29)30/h6-9,12,17,19,24H,5,10-11H2,1-4H3. The molecule has 0 amide bonds. The number of nitro benzene ring substituents is 1. The van der Waals surface area contributed by atoms with Crippen molar-refractivity contribution >= 4 is 23.4 Å². The van der Waals surface area contributed by atoms with Crippen LogP contribution >= 0.6 is 0 Å². The Bertz CT molecular complexity index is 1040. The Balaban J connectivity index is 2.24. The van der Waals surface area contributed by atoms with Crippen molar-refractivity contribution in [2.75, 3.05) is 13.7 Å².